The number of para-hydroxylation sites is 1. The summed E-state index contributed by atoms with van der Waals surface area (Å²) in [7, 11) is 0. The first-order chi connectivity index (χ1) is 10.7. The van der Waals surface area contributed by atoms with Crippen LogP contribution in [-0.4, -0.2) is 11.6 Å². The minimum Gasteiger partial charge on any atom is -0.457 e. The Morgan fingerprint density at radius 3 is 2.50 bits per heavy atom. The summed E-state index contributed by atoms with van der Waals surface area (Å²) in [5.74, 6) is 0.857. The Balaban J connectivity index is 1.78. The zero-order valence-electron chi connectivity index (χ0n) is 12.3. The molecule has 112 valence electrons. The molecule has 1 aliphatic carbocycles. The molecule has 0 N–H and O–H groups in total. The lowest BCUT2D eigenvalue weighted by atomic mass is 9.83. The fraction of sp³-hybridized carbons (Fsp3) is 0.263. The van der Waals surface area contributed by atoms with Crippen LogP contribution in [0.5, 0.6) is 11.5 Å². The number of ether oxygens (including phenoxy) is 1. The fourth-order valence-corrected chi connectivity index (χ4v) is 2.80. The van der Waals surface area contributed by atoms with E-state index in [0.29, 0.717) is 24.2 Å². The Bertz CT molecular complexity index is 676. The molecule has 0 radical (unpaired) electrons. The summed E-state index contributed by atoms with van der Waals surface area (Å²) in [5.41, 5.74) is 0.550. The highest BCUT2D eigenvalue weighted by molar-refractivity contribution is 6.11. The van der Waals surface area contributed by atoms with E-state index in [2.05, 4.69) is 0 Å². The maximum Gasteiger partial charge on any atom is 0.173 e. The van der Waals surface area contributed by atoms with Crippen molar-refractivity contribution in [2.75, 3.05) is 0 Å². The van der Waals surface area contributed by atoms with Gasteiger partial charge in [-0.25, -0.2) is 0 Å². The molecule has 0 aromatic heterocycles. The summed E-state index contributed by atoms with van der Waals surface area (Å²) in [5, 5.41) is 0. The Morgan fingerprint density at radius 1 is 0.955 bits per heavy atom. The van der Waals surface area contributed by atoms with Crippen LogP contribution >= 0.6 is 0 Å². The van der Waals surface area contributed by atoms with Crippen LogP contribution in [0.15, 0.2) is 54.6 Å². The fourth-order valence-electron chi connectivity index (χ4n) is 2.80. The van der Waals surface area contributed by atoms with E-state index in [1.165, 1.54) is 0 Å². The van der Waals surface area contributed by atoms with Crippen molar-refractivity contribution in [2.45, 2.75) is 25.7 Å². The van der Waals surface area contributed by atoms with Gasteiger partial charge < -0.3 is 4.74 Å². The van der Waals surface area contributed by atoms with E-state index in [1.54, 1.807) is 18.2 Å². The van der Waals surface area contributed by atoms with Crippen LogP contribution in [0, 0.1) is 5.92 Å². The number of carbonyl (C=O) groups is 2. The first-order valence-corrected chi connectivity index (χ1v) is 7.64. The zero-order valence-corrected chi connectivity index (χ0v) is 12.3. The largest absolute Gasteiger partial charge is 0.457 e. The third-order valence-corrected chi connectivity index (χ3v) is 3.97. The number of Topliss-reactive ketones (excluding diaryl/α,β-unsaturated/α-hetero) is 2. The molecular formula is C19H18O3. The standard InChI is InChI=1S/C19H18O3/c20-18-12-5-4-11-17(18)19(21)14-7-6-10-16(13-14)22-15-8-2-1-3-9-15/h1-3,6-10,13,17H,4-5,11-12H2. The quantitative estimate of drug-likeness (QED) is 0.619. The van der Waals surface area contributed by atoms with Gasteiger partial charge in [0.25, 0.3) is 0 Å². The molecule has 3 nitrogen and oxygen atoms in total. The highest BCUT2D eigenvalue weighted by Crippen LogP contribution is 2.27. The van der Waals surface area contributed by atoms with E-state index >= 15 is 0 Å². The zero-order chi connectivity index (χ0) is 15.4. The van der Waals surface area contributed by atoms with Gasteiger partial charge >= 0.3 is 0 Å². The van der Waals surface area contributed by atoms with E-state index in [4.69, 9.17) is 4.74 Å². The number of ketones is 2. The third-order valence-electron chi connectivity index (χ3n) is 3.97. The molecule has 22 heavy (non-hydrogen) atoms. The van der Waals surface area contributed by atoms with E-state index in [9.17, 15) is 9.59 Å². The number of hydrogen-bond acceptors (Lipinski definition) is 3. The van der Waals surface area contributed by atoms with Crippen LogP contribution in [0.4, 0.5) is 0 Å². The molecule has 0 heterocycles. The number of benzene rings is 2. The van der Waals surface area contributed by atoms with Crippen LogP contribution < -0.4 is 4.74 Å². The molecule has 2 aromatic rings. The summed E-state index contributed by atoms with van der Waals surface area (Å²) < 4.78 is 5.75. The predicted molar refractivity (Wildman–Crippen MR) is 84.3 cm³/mol. The van der Waals surface area contributed by atoms with Gasteiger partial charge in [0.2, 0.25) is 0 Å². The van der Waals surface area contributed by atoms with Gasteiger partial charge in [0.15, 0.2) is 5.78 Å². The van der Waals surface area contributed by atoms with Crippen molar-refractivity contribution in [2.24, 2.45) is 5.92 Å². The average molecular weight is 294 g/mol. The monoisotopic (exact) mass is 294 g/mol. The van der Waals surface area contributed by atoms with Crippen LogP contribution in [0.1, 0.15) is 36.0 Å². The molecule has 3 rings (SSSR count). The number of hydrogen-bond donors (Lipinski definition) is 0. The summed E-state index contributed by atoms with van der Waals surface area (Å²) in [4.78, 5) is 24.5. The second-order valence-electron chi connectivity index (χ2n) is 5.57. The normalized spacial score (nSPS) is 18.0. The van der Waals surface area contributed by atoms with Crippen molar-refractivity contribution in [1.29, 1.82) is 0 Å². The molecule has 1 atom stereocenters. The first-order valence-electron chi connectivity index (χ1n) is 7.64. The highest BCUT2D eigenvalue weighted by atomic mass is 16.5. The van der Waals surface area contributed by atoms with Crippen molar-refractivity contribution in [3.8, 4) is 11.5 Å². The lowest BCUT2D eigenvalue weighted by Crippen LogP contribution is -2.27. The lowest BCUT2D eigenvalue weighted by Gasteiger charge is -2.19. The second-order valence-corrected chi connectivity index (χ2v) is 5.57. The van der Waals surface area contributed by atoms with E-state index in [1.807, 2.05) is 36.4 Å². The van der Waals surface area contributed by atoms with E-state index in [-0.39, 0.29) is 11.6 Å². The molecule has 0 bridgehead atoms. The molecule has 2 aromatic carbocycles. The Morgan fingerprint density at radius 2 is 1.73 bits per heavy atom. The van der Waals surface area contributed by atoms with Crippen LogP contribution in [0.3, 0.4) is 0 Å². The number of rotatable bonds is 4. The minimum absolute atomic E-state index is 0.0747. The molecule has 1 aliphatic rings. The Labute approximate surface area is 129 Å². The highest BCUT2D eigenvalue weighted by Gasteiger charge is 2.29. The first kappa shape index (κ1) is 14.5. The van der Waals surface area contributed by atoms with Crippen molar-refractivity contribution in [3.05, 3.63) is 60.2 Å². The maximum absolute atomic E-state index is 12.5. The Hall–Kier alpha value is -2.42. The smallest absolute Gasteiger partial charge is 0.173 e. The Kier molecular flexibility index (Phi) is 4.33. The van der Waals surface area contributed by atoms with Crippen molar-refractivity contribution in [3.63, 3.8) is 0 Å². The summed E-state index contributed by atoms with van der Waals surface area (Å²) >= 11 is 0. The summed E-state index contributed by atoms with van der Waals surface area (Å²) in [6.45, 7) is 0. The maximum atomic E-state index is 12.5. The van der Waals surface area contributed by atoms with Gasteiger partial charge in [-0.1, -0.05) is 36.8 Å². The van der Waals surface area contributed by atoms with Gasteiger partial charge in [-0.05, 0) is 37.1 Å². The van der Waals surface area contributed by atoms with Gasteiger partial charge in [0.1, 0.15) is 17.3 Å². The van der Waals surface area contributed by atoms with Crippen molar-refractivity contribution in [1.82, 2.24) is 0 Å². The molecular weight excluding hydrogens is 276 g/mol. The molecule has 1 saturated carbocycles. The minimum atomic E-state index is -0.472. The topological polar surface area (TPSA) is 43.4 Å². The van der Waals surface area contributed by atoms with Crippen LogP contribution in [0.2, 0.25) is 0 Å². The number of carbonyl (C=O) groups excluding carboxylic acids is 2. The van der Waals surface area contributed by atoms with E-state index in [0.717, 1.165) is 18.6 Å². The molecule has 3 heteroatoms. The van der Waals surface area contributed by atoms with Gasteiger partial charge in [0, 0.05) is 12.0 Å². The van der Waals surface area contributed by atoms with Gasteiger partial charge in [0.05, 0.1) is 5.92 Å². The van der Waals surface area contributed by atoms with Crippen LogP contribution in [0.25, 0.3) is 0 Å². The van der Waals surface area contributed by atoms with Crippen molar-refractivity contribution >= 4 is 11.6 Å². The average Bonchev–Trinajstić information content (AvgIpc) is 2.56. The van der Waals surface area contributed by atoms with Crippen LogP contribution in [-0.2, 0) is 4.79 Å². The van der Waals surface area contributed by atoms with Gasteiger partial charge in [-0.15, -0.1) is 0 Å². The van der Waals surface area contributed by atoms with Gasteiger partial charge in [-0.3, -0.25) is 9.59 Å². The molecule has 1 unspecified atom stereocenters. The molecule has 0 amide bonds. The molecule has 1 fully saturated rings. The molecule has 0 aliphatic heterocycles. The molecule has 0 spiro atoms. The predicted octanol–water partition coefficient (Wildman–Crippen LogP) is 4.42. The van der Waals surface area contributed by atoms with Gasteiger partial charge in [-0.2, -0.15) is 0 Å². The lowest BCUT2D eigenvalue weighted by molar-refractivity contribution is -0.122. The summed E-state index contributed by atoms with van der Waals surface area (Å²) in [6.07, 6.45) is 3.04. The SMILES string of the molecule is O=C1CCCCC1C(=O)c1cccc(Oc2ccccc2)c1. The second kappa shape index (κ2) is 6.56. The molecule has 0 saturated heterocycles. The van der Waals surface area contributed by atoms with Crippen molar-refractivity contribution < 1.29 is 14.3 Å². The summed E-state index contributed by atoms with van der Waals surface area (Å²) in [6, 6.07) is 16.5. The third kappa shape index (κ3) is 3.25. The van der Waals surface area contributed by atoms with E-state index < -0.39 is 5.92 Å².